The number of imidazole rings is 1. The summed E-state index contributed by atoms with van der Waals surface area (Å²) < 4.78 is 2.03. The minimum atomic E-state index is 0.442. The van der Waals surface area contributed by atoms with Crippen LogP contribution in [0.5, 0.6) is 0 Å². The highest BCUT2D eigenvalue weighted by Gasteiger charge is 2.02. The molecular weight excluding hydrogens is 244 g/mol. The van der Waals surface area contributed by atoms with Gasteiger partial charge in [0.1, 0.15) is 4.99 Å². The fourth-order valence-corrected chi connectivity index (χ4v) is 2.03. The minimum absolute atomic E-state index is 0.442. The molecule has 3 N–H and O–H groups in total. The SMILES string of the molecule is Cc1cc(NCCn2ccnc2)ccc1C(N)=S. The second kappa shape index (κ2) is 5.64. The number of rotatable bonds is 5. The molecule has 2 aromatic rings. The highest BCUT2D eigenvalue weighted by molar-refractivity contribution is 7.80. The first-order valence-electron chi connectivity index (χ1n) is 5.77. The van der Waals surface area contributed by atoms with Gasteiger partial charge in [-0.25, -0.2) is 4.98 Å². The molecule has 0 radical (unpaired) electrons. The first-order chi connectivity index (χ1) is 8.66. The van der Waals surface area contributed by atoms with Gasteiger partial charge in [-0.1, -0.05) is 12.2 Å². The zero-order chi connectivity index (χ0) is 13.0. The minimum Gasteiger partial charge on any atom is -0.389 e. The van der Waals surface area contributed by atoms with Crippen LogP contribution >= 0.6 is 12.2 Å². The van der Waals surface area contributed by atoms with Crippen molar-refractivity contribution in [2.45, 2.75) is 13.5 Å². The Bertz CT molecular complexity index is 534. The average Bonchev–Trinajstić information content (AvgIpc) is 2.81. The molecule has 2 rings (SSSR count). The lowest BCUT2D eigenvalue weighted by atomic mass is 10.1. The van der Waals surface area contributed by atoms with Gasteiger partial charge in [-0.3, -0.25) is 0 Å². The van der Waals surface area contributed by atoms with E-state index in [1.54, 1.807) is 6.20 Å². The largest absolute Gasteiger partial charge is 0.389 e. The molecule has 0 unspecified atom stereocenters. The van der Waals surface area contributed by atoms with Crippen LogP contribution in [0, 0.1) is 6.92 Å². The van der Waals surface area contributed by atoms with Gasteiger partial charge in [-0.2, -0.15) is 0 Å². The van der Waals surface area contributed by atoms with Crippen molar-refractivity contribution in [3.05, 3.63) is 48.0 Å². The molecule has 0 saturated heterocycles. The Hall–Kier alpha value is -1.88. The molecule has 0 bridgehead atoms. The molecular formula is C13H16N4S. The van der Waals surface area contributed by atoms with E-state index in [0.717, 1.165) is 29.9 Å². The zero-order valence-electron chi connectivity index (χ0n) is 10.3. The molecule has 1 aromatic carbocycles. The number of nitrogens with one attached hydrogen (secondary N) is 1. The molecule has 0 aliphatic heterocycles. The lowest BCUT2D eigenvalue weighted by molar-refractivity contribution is 0.727. The average molecular weight is 260 g/mol. The molecule has 0 saturated carbocycles. The smallest absolute Gasteiger partial charge is 0.104 e. The Morgan fingerprint density at radius 2 is 2.33 bits per heavy atom. The van der Waals surface area contributed by atoms with Gasteiger partial charge in [-0.15, -0.1) is 0 Å². The van der Waals surface area contributed by atoms with Gasteiger partial charge in [0, 0.05) is 36.7 Å². The molecule has 18 heavy (non-hydrogen) atoms. The van der Waals surface area contributed by atoms with Crippen molar-refractivity contribution in [2.24, 2.45) is 5.73 Å². The van der Waals surface area contributed by atoms with Crippen molar-refractivity contribution in [3.8, 4) is 0 Å². The predicted molar refractivity (Wildman–Crippen MR) is 77.8 cm³/mol. The summed E-state index contributed by atoms with van der Waals surface area (Å²) >= 11 is 4.98. The van der Waals surface area contributed by atoms with Crippen LogP contribution in [0.3, 0.4) is 0 Å². The number of benzene rings is 1. The molecule has 0 fully saturated rings. The van der Waals surface area contributed by atoms with E-state index in [-0.39, 0.29) is 0 Å². The summed E-state index contributed by atoms with van der Waals surface area (Å²) in [5.41, 5.74) is 8.73. The highest BCUT2D eigenvalue weighted by Crippen LogP contribution is 2.14. The van der Waals surface area contributed by atoms with Gasteiger partial charge in [0.2, 0.25) is 0 Å². The van der Waals surface area contributed by atoms with Crippen LogP contribution in [0.4, 0.5) is 5.69 Å². The topological polar surface area (TPSA) is 55.9 Å². The molecule has 0 aliphatic rings. The molecule has 1 aromatic heterocycles. The fourth-order valence-electron chi connectivity index (χ4n) is 1.80. The van der Waals surface area contributed by atoms with Crippen molar-refractivity contribution in [2.75, 3.05) is 11.9 Å². The number of hydrogen-bond donors (Lipinski definition) is 2. The number of thiocarbonyl (C=S) groups is 1. The number of anilines is 1. The molecule has 4 nitrogen and oxygen atoms in total. The van der Waals surface area contributed by atoms with Crippen LogP contribution in [-0.4, -0.2) is 21.1 Å². The van der Waals surface area contributed by atoms with Crippen LogP contribution in [-0.2, 0) is 6.54 Å². The van der Waals surface area contributed by atoms with Gasteiger partial charge in [0.05, 0.1) is 6.33 Å². The van der Waals surface area contributed by atoms with E-state index < -0.39 is 0 Å². The highest BCUT2D eigenvalue weighted by atomic mass is 32.1. The summed E-state index contributed by atoms with van der Waals surface area (Å²) in [7, 11) is 0. The molecule has 5 heteroatoms. The quantitative estimate of drug-likeness (QED) is 0.807. The van der Waals surface area contributed by atoms with E-state index in [0.29, 0.717) is 4.99 Å². The summed E-state index contributed by atoms with van der Waals surface area (Å²) in [5, 5.41) is 3.36. The van der Waals surface area contributed by atoms with Crippen LogP contribution in [0.25, 0.3) is 0 Å². The van der Waals surface area contributed by atoms with Crippen molar-refractivity contribution >= 4 is 22.9 Å². The van der Waals surface area contributed by atoms with Crippen LogP contribution < -0.4 is 11.1 Å². The maximum atomic E-state index is 5.63. The summed E-state index contributed by atoms with van der Waals surface area (Å²) in [6.07, 6.45) is 5.53. The van der Waals surface area contributed by atoms with Gasteiger partial charge in [0.25, 0.3) is 0 Å². The Balaban J connectivity index is 1.94. The van der Waals surface area contributed by atoms with Crippen molar-refractivity contribution in [1.82, 2.24) is 9.55 Å². The van der Waals surface area contributed by atoms with E-state index in [2.05, 4.69) is 16.4 Å². The molecule has 1 heterocycles. The lowest BCUT2D eigenvalue weighted by Gasteiger charge is -2.10. The van der Waals surface area contributed by atoms with E-state index in [1.807, 2.05) is 36.1 Å². The van der Waals surface area contributed by atoms with Crippen LogP contribution in [0.1, 0.15) is 11.1 Å². The number of nitrogens with two attached hydrogens (primary N) is 1. The van der Waals surface area contributed by atoms with E-state index in [4.69, 9.17) is 18.0 Å². The Labute approximate surface area is 112 Å². The monoisotopic (exact) mass is 260 g/mol. The fraction of sp³-hybridized carbons (Fsp3) is 0.231. The van der Waals surface area contributed by atoms with Gasteiger partial charge in [0.15, 0.2) is 0 Å². The number of hydrogen-bond acceptors (Lipinski definition) is 3. The maximum absolute atomic E-state index is 5.63. The summed E-state index contributed by atoms with van der Waals surface area (Å²) in [6, 6.07) is 6.01. The van der Waals surface area contributed by atoms with Crippen molar-refractivity contribution < 1.29 is 0 Å². The van der Waals surface area contributed by atoms with Crippen LogP contribution in [0.2, 0.25) is 0 Å². The third kappa shape index (κ3) is 3.07. The number of aromatic nitrogens is 2. The Kier molecular flexibility index (Phi) is 3.94. The van der Waals surface area contributed by atoms with E-state index in [1.165, 1.54) is 0 Å². The van der Waals surface area contributed by atoms with Gasteiger partial charge < -0.3 is 15.6 Å². The molecule has 94 valence electrons. The number of aryl methyl sites for hydroxylation is 1. The Morgan fingerprint density at radius 3 is 2.94 bits per heavy atom. The number of nitrogens with zero attached hydrogens (tertiary/aromatic N) is 2. The van der Waals surface area contributed by atoms with Crippen LogP contribution in [0.15, 0.2) is 36.9 Å². The first kappa shape index (κ1) is 12.6. The second-order valence-electron chi connectivity index (χ2n) is 4.12. The Morgan fingerprint density at radius 1 is 1.50 bits per heavy atom. The third-order valence-electron chi connectivity index (χ3n) is 2.75. The molecule has 0 aliphatic carbocycles. The normalized spacial score (nSPS) is 10.3. The maximum Gasteiger partial charge on any atom is 0.104 e. The summed E-state index contributed by atoms with van der Waals surface area (Å²) in [5.74, 6) is 0. The lowest BCUT2D eigenvalue weighted by Crippen LogP contribution is -2.12. The third-order valence-corrected chi connectivity index (χ3v) is 2.97. The standard InChI is InChI=1S/C13H16N4S/c1-10-8-11(2-3-12(10)13(14)18)16-5-7-17-6-4-15-9-17/h2-4,6,8-9,16H,5,7H2,1H3,(H2,14,18). The summed E-state index contributed by atoms with van der Waals surface area (Å²) in [4.78, 5) is 4.44. The predicted octanol–water partition coefficient (Wildman–Crippen LogP) is 1.94. The van der Waals surface area contributed by atoms with E-state index >= 15 is 0 Å². The van der Waals surface area contributed by atoms with Crippen molar-refractivity contribution in [1.29, 1.82) is 0 Å². The zero-order valence-corrected chi connectivity index (χ0v) is 11.1. The molecule has 0 atom stereocenters. The first-order valence-corrected chi connectivity index (χ1v) is 6.17. The summed E-state index contributed by atoms with van der Waals surface area (Å²) in [6.45, 7) is 3.74. The molecule has 0 amide bonds. The van der Waals surface area contributed by atoms with Gasteiger partial charge >= 0.3 is 0 Å². The molecule has 0 spiro atoms. The van der Waals surface area contributed by atoms with Crippen molar-refractivity contribution in [3.63, 3.8) is 0 Å². The van der Waals surface area contributed by atoms with E-state index in [9.17, 15) is 0 Å². The van der Waals surface area contributed by atoms with Gasteiger partial charge in [-0.05, 0) is 30.7 Å². The second-order valence-corrected chi connectivity index (χ2v) is 4.56.